The number of hydrogen-bond acceptors (Lipinski definition) is 2. The highest BCUT2D eigenvalue weighted by Crippen LogP contribution is 2.35. The Kier molecular flexibility index (Phi) is 4.37. The lowest BCUT2D eigenvalue weighted by Gasteiger charge is -2.29. The summed E-state index contributed by atoms with van der Waals surface area (Å²) in [6.45, 7) is 5.50. The molecule has 1 aromatic carbocycles. The van der Waals surface area contributed by atoms with Crippen LogP contribution in [0, 0.1) is 11.6 Å². The van der Waals surface area contributed by atoms with Crippen LogP contribution in [0.1, 0.15) is 45.2 Å². The standard InChI is InChI=1S/C14H20F2N2O2S/c1-14(2,3)17-21(19,20)18-8-4-5-13(18)11-9-10(15)6-7-12(11)16/h6-7,9,13,17H,4-5,8H2,1-3H3/t13-/m1/s1. The van der Waals surface area contributed by atoms with E-state index in [2.05, 4.69) is 4.72 Å². The Morgan fingerprint density at radius 3 is 2.57 bits per heavy atom. The highest BCUT2D eigenvalue weighted by molar-refractivity contribution is 7.87. The van der Waals surface area contributed by atoms with Crippen molar-refractivity contribution >= 4 is 10.2 Å². The minimum Gasteiger partial charge on any atom is -0.207 e. The smallest absolute Gasteiger partial charge is 0.207 e. The number of benzene rings is 1. The second kappa shape index (κ2) is 5.62. The molecule has 1 heterocycles. The van der Waals surface area contributed by atoms with Crippen LogP contribution in [0.2, 0.25) is 0 Å². The van der Waals surface area contributed by atoms with E-state index in [1.165, 1.54) is 4.31 Å². The van der Waals surface area contributed by atoms with Crippen LogP contribution >= 0.6 is 0 Å². The summed E-state index contributed by atoms with van der Waals surface area (Å²) < 4.78 is 55.9. The predicted octanol–water partition coefficient (Wildman–Crippen LogP) is 2.73. The van der Waals surface area contributed by atoms with Crippen molar-refractivity contribution in [3.63, 3.8) is 0 Å². The summed E-state index contributed by atoms with van der Waals surface area (Å²) in [6.07, 6.45) is 1.09. The lowest BCUT2D eigenvalue weighted by Crippen LogP contribution is -2.48. The van der Waals surface area contributed by atoms with E-state index in [9.17, 15) is 17.2 Å². The fourth-order valence-electron chi connectivity index (χ4n) is 2.55. The van der Waals surface area contributed by atoms with Gasteiger partial charge in [0.25, 0.3) is 10.2 Å². The molecule has 0 spiro atoms. The van der Waals surface area contributed by atoms with Gasteiger partial charge in [-0.25, -0.2) is 8.78 Å². The molecule has 1 atom stereocenters. The Labute approximate surface area is 124 Å². The summed E-state index contributed by atoms with van der Waals surface area (Å²) in [5.41, 5.74) is -0.543. The normalized spacial score (nSPS) is 20.9. The Morgan fingerprint density at radius 2 is 1.95 bits per heavy atom. The van der Waals surface area contributed by atoms with Gasteiger partial charge in [-0.3, -0.25) is 0 Å². The van der Waals surface area contributed by atoms with Crippen molar-refractivity contribution in [2.45, 2.75) is 45.2 Å². The molecule has 0 aliphatic carbocycles. The first-order valence-corrected chi connectivity index (χ1v) is 8.30. The van der Waals surface area contributed by atoms with Crippen LogP contribution in [0.5, 0.6) is 0 Å². The van der Waals surface area contributed by atoms with Gasteiger partial charge >= 0.3 is 0 Å². The molecule has 1 N–H and O–H groups in total. The Hall–Kier alpha value is -1.05. The highest BCUT2D eigenvalue weighted by Gasteiger charge is 2.38. The molecule has 0 unspecified atom stereocenters. The van der Waals surface area contributed by atoms with Gasteiger partial charge < -0.3 is 0 Å². The van der Waals surface area contributed by atoms with Gasteiger partial charge in [-0.05, 0) is 51.8 Å². The summed E-state index contributed by atoms with van der Waals surface area (Å²) in [5.74, 6) is -1.15. The molecule has 4 nitrogen and oxygen atoms in total. The van der Waals surface area contributed by atoms with Crippen LogP contribution in [-0.2, 0) is 10.2 Å². The fourth-order valence-corrected chi connectivity index (χ4v) is 4.37. The third kappa shape index (κ3) is 3.78. The third-order valence-corrected chi connectivity index (χ3v) is 5.19. The maximum Gasteiger partial charge on any atom is 0.280 e. The monoisotopic (exact) mass is 318 g/mol. The van der Waals surface area contributed by atoms with Gasteiger partial charge in [-0.1, -0.05) is 0 Å². The van der Waals surface area contributed by atoms with Gasteiger partial charge in [0.15, 0.2) is 0 Å². The van der Waals surface area contributed by atoms with Gasteiger partial charge in [0.2, 0.25) is 0 Å². The van der Waals surface area contributed by atoms with E-state index < -0.39 is 33.4 Å². The number of nitrogens with one attached hydrogen (secondary N) is 1. The lowest BCUT2D eigenvalue weighted by molar-refractivity contribution is 0.364. The van der Waals surface area contributed by atoms with Crippen molar-refractivity contribution in [1.82, 2.24) is 9.03 Å². The second-order valence-corrected chi connectivity index (χ2v) is 7.91. The van der Waals surface area contributed by atoms with Crippen molar-refractivity contribution in [1.29, 1.82) is 0 Å². The quantitative estimate of drug-likeness (QED) is 0.931. The zero-order valence-corrected chi connectivity index (χ0v) is 13.2. The zero-order valence-electron chi connectivity index (χ0n) is 12.4. The largest absolute Gasteiger partial charge is 0.280 e. The number of halogens is 2. The molecule has 118 valence electrons. The van der Waals surface area contributed by atoms with Crippen LogP contribution in [0.4, 0.5) is 8.78 Å². The maximum atomic E-state index is 13.9. The second-order valence-electron chi connectivity index (χ2n) is 6.29. The maximum absolute atomic E-state index is 13.9. The molecule has 0 aromatic heterocycles. The number of rotatable bonds is 3. The van der Waals surface area contributed by atoms with Gasteiger partial charge in [0.1, 0.15) is 11.6 Å². The highest BCUT2D eigenvalue weighted by atomic mass is 32.2. The third-order valence-electron chi connectivity index (χ3n) is 3.26. The van der Waals surface area contributed by atoms with Crippen LogP contribution < -0.4 is 4.72 Å². The molecular formula is C14H20F2N2O2S. The van der Waals surface area contributed by atoms with Crippen molar-refractivity contribution in [2.75, 3.05) is 6.54 Å². The molecule has 0 amide bonds. The van der Waals surface area contributed by atoms with E-state index in [4.69, 9.17) is 0 Å². The fraction of sp³-hybridized carbons (Fsp3) is 0.571. The molecule has 1 fully saturated rings. The van der Waals surface area contributed by atoms with Crippen LogP contribution in [0.25, 0.3) is 0 Å². The summed E-state index contributed by atoms with van der Waals surface area (Å²) in [4.78, 5) is 0. The average molecular weight is 318 g/mol. The molecule has 1 aliphatic heterocycles. The SMILES string of the molecule is CC(C)(C)NS(=O)(=O)N1CCC[C@@H]1c1cc(F)ccc1F. The van der Waals surface area contributed by atoms with Gasteiger partial charge in [0, 0.05) is 17.6 Å². The van der Waals surface area contributed by atoms with Gasteiger partial charge in [0.05, 0.1) is 6.04 Å². The van der Waals surface area contributed by atoms with Gasteiger partial charge in [-0.15, -0.1) is 0 Å². The lowest BCUT2D eigenvalue weighted by atomic mass is 10.0. The van der Waals surface area contributed by atoms with Crippen molar-refractivity contribution in [2.24, 2.45) is 0 Å². The van der Waals surface area contributed by atoms with Crippen molar-refractivity contribution in [3.05, 3.63) is 35.4 Å². The number of nitrogens with zero attached hydrogens (tertiary/aromatic N) is 1. The van der Waals surface area contributed by atoms with E-state index in [1.807, 2.05) is 0 Å². The molecule has 1 aromatic rings. The molecule has 7 heteroatoms. The first-order chi connectivity index (χ1) is 9.60. The summed E-state index contributed by atoms with van der Waals surface area (Å²) in [6, 6.07) is 2.47. The van der Waals surface area contributed by atoms with Crippen molar-refractivity contribution < 1.29 is 17.2 Å². The summed E-state index contributed by atoms with van der Waals surface area (Å²) >= 11 is 0. The topological polar surface area (TPSA) is 49.4 Å². The Bertz CT molecular complexity index is 626. The molecule has 1 aliphatic rings. The van der Waals surface area contributed by atoms with E-state index in [0.29, 0.717) is 19.4 Å². The summed E-state index contributed by atoms with van der Waals surface area (Å²) in [5, 5.41) is 0. The van der Waals surface area contributed by atoms with Gasteiger partial charge in [-0.2, -0.15) is 17.4 Å². The molecule has 1 saturated heterocycles. The van der Waals surface area contributed by atoms with Crippen LogP contribution in [0.15, 0.2) is 18.2 Å². The summed E-state index contributed by atoms with van der Waals surface area (Å²) in [7, 11) is -3.75. The Morgan fingerprint density at radius 1 is 1.29 bits per heavy atom. The van der Waals surface area contributed by atoms with Crippen LogP contribution in [0.3, 0.4) is 0 Å². The molecule has 0 bridgehead atoms. The number of hydrogen-bond donors (Lipinski definition) is 1. The van der Waals surface area contributed by atoms with E-state index >= 15 is 0 Å². The molecule has 2 rings (SSSR count). The van der Waals surface area contributed by atoms with E-state index in [-0.39, 0.29) is 5.56 Å². The first kappa shape index (κ1) is 16.3. The first-order valence-electron chi connectivity index (χ1n) is 6.86. The molecule has 21 heavy (non-hydrogen) atoms. The van der Waals surface area contributed by atoms with Crippen molar-refractivity contribution in [3.8, 4) is 0 Å². The average Bonchev–Trinajstić information content (AvgIpc) is 2.79. The molecule has 0 radical (unpaired) electrons. The predicted molar refractivity (Wildman–Crippen MR) is 76.8 cm³/mol. The minimum absolute atomic E-state index is 0.0896. The molecular weight excluding hydrogens is 298 g/mol. The van der Waals surface area contributed by atoms with Crippen LogP contribution in [-0.4, -0.2) is 24.8 Å². The Balaban J connectivity index is 2.35. The minimum atomic E-state index is -3.75. The van der Waals surface area contributed by atoms with E-state index in [0.717, 1.165) is 18.2 Å². The molecule has 0 saturated carbocycles. The zero-order chi connectivity index (χ0) is 15.8. The van der Waals surface area contributed by atoms with E-state index in [1.54, 1.807) is 20.8 Å².